The van der Waals surface area contributed by atoms with E-state index < -0.39 is 0 Å². The highest BCUT2D eigenvalue weighted by molar-refractivity contribution is 7.10. The first-order valence-corrected chi connectivity index (χ1v) is 11.7. The van der Waals surface area contributed by atoms with Gasteiger partial charge < -0.3 is 24.0 Å². The van der Waals surface area contributed by atoms with Crippen LogP contribution in [0.5, 0.6) is 5.75 Å². The Labute approximate surface area is 193 Å². The van der Waals surface area contributed by atoms with E-state index >= 15 is 0 Å². The van der Waals surface area contributed by atoms with Crippen LogP contribution in [0.25, 0.3) is 0 Å². The number of aryl methyl sites for hydroxylation is 1. The van der Waals surface area contributed by atoms with Crippen molar-refractivity contribution in [1.82, 2.24) is 9.80 Å². The molecule has 7 nitrogen and oxygen atoms in total. The van der Waals surface area contributed by atoms with Gasteiger partial charge in [0, 0.05) is 38.8 Å². The molecule has 8 heteroatoms. The zero-order valence-corrected chi connectivity index (χ0v) is 19.9. The van der Waals surface area contributed by atoms with Crippen molar-refractivity contribution in [1.29, 1.82) is 0 Å². The average molecular weight is 461 g/mol. The first kappa shape index (κ1) is 24.2. The number of amides is 2. The van der Waals surface area contributed by atoms with Crippen molar-refractivity contribution in [3.63, 3.8) is 0 Å². The number of methoxy groups -OCH3 is 2. The highest BCUT2D eigenvalue weighted by Gasteiger charge is 2.33. The van der Waals surface area contributed by atoms with E-state index in [2.05, 4.69) is 11.4 Å². The molecule has 2 aromatic rings. The standard InChI is InChI=1S/C24H32N2O5S/c1-18-7-4-5-8-21(18)31-16-20-19-10-14-32-22(19)9-12-26(20)23(27)15-25(11-6-13-29-2)24(28)17-30-3/h4-5,7-8,10,14,20H,6,9,11-13,15-17H2,1-3H3. The molecule has 0 bridgehead atoms. The fourth-order valence-corrected chi connectivity index (χ4v) is 4.85. The minimum Gasteiger partial charge on any atom is -0.491 e. The van der Waals surface area contributed by atoms with E-state index in [-0.39, 0.29) is 31.0 Å². The van der Waals surface area contributed by atoms with Gasteiger partial charge in [-0.05, 0) is 48.4 Å². The van der Waals surface area contributed by atoms with Crippen molar-refractivity contribution in [2.75, 3.05) is 53.7 Å². The minimum atomic E-state index is -0.196. The lowest BCUT2D eigenvalue weighted by molar-refractivity contribution is -0.144. The summed E-state index contributed by atoms with van der Waals surface area (Å²) in [6, 6.07) is 9.77. The lowest BCUT2D eigenvalue weighted by Crippen LogP contribution is -2.48. The van der Waals surface area contributed by atoms with Crippen LogP contribution in [0.2, 0.25) is 0 Å². The Morgan fingerprint density at radius 1 is 1.19 bits per heavy atom. The fraction of sp³-hybridized carbons (Fsp3) is 0.500. The maximum atomic E-state index is 13.4. The quantitative estimate of drug-likeness (QED) is 0.482. The molecule has 0 radical (unpaired) electrons. The number of ether oxygens (including phenoxy) is 3. The van der Waals surface area contributed by atoms with Crippen molar-refractivity contribution in [2.24, 2.45) is 0 Å². The normalized spacial score (nSPS) is 15.3. The van der Waals surface area contributed by atoms with Crippen LogP contribution >= 0.6 is 11.3 Å². The predicted octanol–water partition coefficient (Wildman–Crippen LogP) is 3.07. The summed E-state index contributed by atoms with van der Waals surface area (Å²) >= 11 is 1.72. The third kappa shape index (κ3) is 6.09. The van der Waals surface area contributed by atoms with Crippen LogP contribution < -0.4 is 4.74 Å². The molecule has 174 valence electrons. The van der Waals surface area contributed by atoms with Crippen LogP contribution in [0.3, 0.4) is 0 Å². The molecule has 0 saturated heterocycles. The van der Waals surface area contributed by atoms with Crippen molar-refractivity contribution in [3.05, 3.63) is 51.7 Å². The van der Waals surface area contributed by atoms with E-state index in [9.17, 15) is 9.59 Å². The smallest absolute Gasteiger partial charge is 0.249 e. The van der Waals surface area contributed by atoms with Gasteiger partial charge in [0.15, 0.2) is 0 Å². The Hall–Kier alpha value is -2.42. The number of rotatable bonds is 11. The van der Waals surface area contributed by atoms with Crippen LogP contribution in [-0.4, -0.2) is 75.3 Å². The molecule has 32 heavy (non-hydrogen) atoms. The van der Waals surface area contributed by atoms with Gasteiger partial charge in [-0.3, -0.25) is 9.59 Å². The molecule has 3 rings (SSSR count). The number of nitrogens with zero attached hydrogens (tertiary/aromatic N) is 2. The van der Waals surface area contributed by atoms with Crippen LogP contribution in [0, 0.1) is 6.92 Å². The van der Waals surface area contributed by atoms with Crippen LogP contribution in [0.1, 0.15) is 28.5 Å². The molecule has 1 atom stereocenters. The average Bonchev–Trinajstić information content (AvgIpc) is 3.27. The molecular formula is C24H32N2O5S. The van der Waals surface area contributed by atoms with Crippen LogP contribution in [-0.2, 0) is 25.5 Å². The second kappa shape index (κ2) is 12.0. The van der Waals surface area contributed by atoms with E-state index in [0.717, 1.165) is 23.3 Å². The Bertz CT molecular complexity index is 900. The highest BCUT2D eigenvalue weighted by atomic mass is 32.1. The fourth-order valence-electron chi connectivity index (χ4n) is 3.92. The third-order valence-electron chi connectivity index (χ3n) is 5.63. The number of carbonyl (C=O) groups excluding carboxylic acids is 2. The van der Waals surface area contributed by atoms with Crippen LogP contribution in [0.4, 0.5) is 0 Å². The molecule has 1 aromatic heterocycles. The third-order valence-corrected chi connectivity index (χ3v) is 6.63. The molecule has 1 aromatic carbocycles. The topological polar surface area (TPSA) is 68.3 Å². The lowest BCUT2D eigenvalue weighted by Gasteiger charge is -2.37. The van der Waals surface area contributed by atoms with Gasteiger partial charge in [0.25, 0.3) is 0 Å². The predicted molar refractivity (Wildman–Crippen MR) is 124 cm³/mol. The number of hydrogen-bond donors (Lipinski definition) is 0. The molecule has 1 aliphatic heterocycles. The molecule has 0 aliphatic carbocycles. The number of benzene rings is 1. The molecule has 0 saturated carbocycles. The Morgan fingerprint density at radius 2 is 2.00 bits per heavy atom. The Morgan fingerprint density at radius 3 is 2.75 bits per heavy atom. The van der Waals surface area contributed by atoms with Gasteiger partial charge in [-0.2, -0.15) is 0 Å². The Balaban J connectivity index is 1.74. The van der Waals surface area contributed by atoms with E-state index in [1.54, 1.807) is 23.3 Å². The summed E-state index contributed by atoms with van der Waals surface area (Å²) in [6.07, 6.45) is 1.48. The molecule has 1 aliphatic rings. The molecule has 0 spiro atoms. The van der Waals surface area contributed by atoms with Gasteiger partial charge >= 0.3 is 0 Å². The van der Waals surface area contributed by atoms with Gasteiger partial charge in [-0.15, -0.1) is 11.3 Å². The zero-order valence-electron chi connectivity index (χ0n) is 19.0. The number of carbonyl (C=O) groups is 2. The van der Waals surface area contributed by atoms with Gasteiger partial charge in [0.2, 0.25) is 11.8 Å². The van der Waals surface area contributed by atoms with Crippen molar-refractivity contribution in [3.8, 4) is 5.75 Å². The van der Waals surface area contributed by atoms with E-state index in [1.807, 2.05) is 36.1 Å². The maximum Gasteiger partial charge on any atom is 0.249 e. The summed E-state index contributed by atoms with van der Waals surface area (Å²) < 4.78 is 16.3. The van der Waals surface area contributed by atoms with E-state index in [0.29, 0.717) is 32.7 Å². The largest absolute Gasteiger partial charge is 0.491 e. The molecule has 0 N–H and O–H groups in total. The second-order valence-corrected chi connectivity index (χ2v) is 8.82. The van der Waals surface area contributed by atoms with Crippen molar-refractivity contribution >= 4 is 23.2 Å². The monoisotopic (exact) mass is 460 g/mol. The summed E-state index contributed by atoms with van der Waals surface area (Å²) in [6.45, 7) is 3.94. The summed E-state index contributed by atoms with van der Waals surface area (Å²) in [5.41, 5.74) is 2.19. The summed E-state index contributed by atoms with van der Waals surface area (Å²) in [5, 5.41) is 2.07. The van der Waals surface area contributed by atoms with Gasteiger partial charge in [-0.1, -0.05) is 18.2 Å². The lowest BCUT2D eigenvalue weighted by atomic mass is 10.0. The first-order valence-electron chi connectivity index (χ1n) is 10.8. The molecule has 0 fully saturated rings. The van der Waals surface area contributed by atoms with Gasteiger partial charge in [0.05, 0.1) is 12.6 Å². The number of para-hydroxylation sites is 1. The summed E-state index contributed by atoms with van der Waals surface area (Å²) in [4.78, 5) is 30.6. The van der Waals surface area contributed by atoms with E-state index in [1.165, 1.54) is 12.0 Å². The highest BCUT2D eigenvalue weighted by Crippen LogP contribution is 2.34. The molecular weight excluding hydrogens is 428 g/mol. The number of thiophene rings is 1. The molecule has 2 heterocycles. The minimum absolute atomic E-state index is 0.0201. The molecule has 2 amide bonds. The van der Waals surface area contributed by atoms with Gasteiger partial charge in [-0.25, -0.2) is 0 Å². The van der Waals surface area contributed by atoms with Crippen molar-refractivity contribution < 1.29 is 23.8 Å². The van der Waals surface area contributed by atoms with E-state index in [4.69, 9.17) is 14.2 Å². The summed E-state index contributed by atoms with van der Waals surface area (Å²) in [5.74, 6) is 0.540. The number of fused-ring (bicyclic) bond motifs is 1. The second-order valence-electron chi connectivity index (χ2n) is 7.82. The molecule has 1 unspecified atom stereocenters. The van der Waals surface area contributed by atoms with Gasteiger partial charge in [0.1, 0.15) is 19.0 Å². The maximum absolute atomic E-state index is 13.4. The SMILES string of the molecule is COCCCN(CC(=O)N1CCc2sccc2C1COc1ccccc1C)C(=O)COC. The summed E-state index contributed by atoms with van der Waals surface area (Å²) in [7, 11) is 3.10. The van der Waals surface area contributed by atoms with Crippen LogP contribution in [0.15, 0.2) is 35.7 Å². The Kier molecular flexibility index (Phi) is 9.08. The van der Waals surface area contributed by atoms with Crippen molar-refractivity contribution in [2.45, 2.75) is 25.8 Å². The zero-order chi connectivity index (χ0) is 22.9. The first-order chi connectivity index (χ1) is 15.5. The number of hydrogen-bond acceptors (Lipinski definition) is 6.